The third kappa shape index (κ3) is 2.63. The van der Waals surface area contributed by atoms with Crippen molar-refractivity contribution in [3.05, 3.63) is 34.9 Å². The molecule has 1 aliphatic heterocycles. The highest BCUT2D eigenvalue weighted by Crippen LogP contribution is 2.31. The van der Waals surface area contributed by atoms with E-state index >= 15 is 0 Å². The molecule has 1 aliphatic rings. The summed E-state index contributed by atoms with van der Waals surface area (Å²) < 4.78 is 7.02. The second-order valence-electron chi connectivity index (χ2n) is 5.07. The van der Waals surface area contributed by atoms with Gasteiger partial charge in [-0.2, -0.15) is 0 Å². The van der Waals surface area contributed by atoms with Crippen LogP contribution in [0.4, 0.5) is 0 Å². The predicted molar refractivity (Wildman–Crippen MR) is 80.6 cm³/mol. The van der Waals surface area contributed by atoms with Gasteiger partial charge in [0.05, 0.1) is 5.52 Å². The molecule has 3 rings (SSSR count). The Kier molecular flexibility index (Phi) is 3.61. The second kappa shape index (κ2) is 5.40. The van der Waals surface area contributed by atoms with Crippen molar-refractivity contribution < 1.29 is 9.53 Å². The molecule has 1 amide bonds. The van der Waals surface area contributed by atoms with Crippen molar-refractivity contribution in [2.24, 2.45) is 5.92 Å². The van der Waals surface area contributed by atoms with E-state index in [0.717, 1.165) is 21.1 Å². The van der Waals surface area contributed by atoms with Crippen molar-refractivity contribution in [2.45, 2.75) is 19.4 Å². The number of nitrogens with zero attached hydrogens (tertiary/aromatic N) is 1. The molecule has 4 nitrogen and oxygen atoms in total. The highest BCUT2D eigenvalue weighted by Gasteiger charge is 2.28. The first-order chi connectivity index (χ1) is 9.63. The van der Waals surface area contributed by atoms with E-state index in [2.05, 4.69) is 26.2 Å². The number of nitrogens with one attached hydrogen (secondary N) is 1. The lowest BCUT2D eigenvalue weighted by Crippen LogP contribution is -2.25. The average molecular weight is 335 g/mol. The van der Waals surface area contributed by atoms with Gasteiger partial charge in [0.2, 0.25) is 5.91 Å². The molecular formula is C15H15BrN2O2. The quantitative estimate of drug-likeness (QED) is 0.938. The summed E-state index contributed by atoms with van der Waals surface area (Å²) in [5.41, 5.74) is 0.893. The molecule has 1 fully saturated rings. The van der Waals surface area contributed by atoms with E-state index in [9.17, 15) is 4.79 Å². The monoisotopic (exact) mass is 334 g/mol. The van der Waals surface area contributed by atoms with Crippen LogP contribution in [0.2, 0.25) is 0 Å². The summed E-state index contributed by atoms with van der Waals surface area (Å²) in [6.45, 7) is 2.69. The first-order valence-electron chi connectivity index (χ1n) is 6.61. The Bertz CT molecular complexity index is 659. The molecule has 1 N–H and O–H groups in total. The molecule has 1 aromatic carbocycles. The average Bonchev–Trinajstić information content (AvgIpc) is 2.85. The van der Waals surface area contributed by atoms with Crippen LogP contribution in [0.25, 0.3) is 10.9 Å². The Labute approximate surface area is 125 Å². The number of aromatic nitrogens is 1. The van der Waals surface area contributed by atoms with Crippen molar-refractivity contribution in [2.75, 3.05) is 6.54 Å². The number of carbonyl (C=O) groups excluding carboxylic acids is 1. The van der Waals surface area contributed by atoms with E-state index in [1.54, 1.807) is 6.20 Å². The smallest absolute Gasteiger partial charge is 0.220 e. The van der Waals surface area contributed by atoms with Gasteiger partial charge >= 0.3 is 0 Å². The number of hydrogen-bond acceptors (Lipinski definition) is 3. The topological polar surface area (TPSA) is 51.2 Å². The number of halogens is 1. The van der Waals surface area contributed by atoms with Gasteiger partial charge in [0.15, 0.2) is 0 Å². The summed E-state index contributed by atoms with van der Waals surface area (Å²) in [6.07, 6.45) is 2.28. The van der Waals surface area contributed by atoms with E-state index < -0.39 is 0 Å². The van der Waals surface area contributed by atoms with Gasteiger partial charge in [-0.25, -0.2) is 0 Å². The van der Waals surface area contributed by atoms with Crippen molar-refractivity contribution in [3.8, 4) is 5.75 Å². The predicted octanol–water partition coefficient (Wildman–Crippen LogP) is 2.90. The van der Waals surface area contributed by atoms with E-state index in [0.29, 0.717) is 13.0 Å². The van der Waals surface area contributed by atoms with Crippen LogP contribution in [0.5, 0.6) is 5.75 Å². The zero-order chi connectivity index (χ0) is 14.1. The Morgan fingerprint density at radius 3 is 3.10 bits per heavy atom. The number of carbonyl (C=O) groups is 1. The number of fused-ring (bicyclic) bond motifs is 1. The zero-order valence-electron chi connectivity index (χ0n) is 11.1. The van der Waals surface area contributed by atoms with Gasteiger partial charge < -0.3 is 10.1 Å². The molecular weight excluding hydrogens is 320 g/mol. The summed E-state index contributed by atoms with van der Waals surface area (Å²) in [6, 6.07) is 7.81. The molecule has 104 valence electrons. The fourth-order valence-corrected chi connectivity index (χ4v) is 2.89. The second-order valence-corrected chi connectivity index (χ2v) is 5.98. The lowest BCUT2D eigenvalue weighted by molar-refractivity contribution is -0.119. The van der Waals surface area contributed by atoms with Crippen molar-refractivity contribution in [3.63, 3.8) is 0 Å². The number of hydrogen-bond donors (Lipinski definition) is 1. The molecule has 0 spiro atoms. The van der Waals surface area contributed by atoms with Crippen LogP contribution in [0.15, 0.2) is 34.9 Å². The van der Waals surface area contributed by atoms with Crippen molar-refractivity contribution in [1.29, 1.82) is 0 Å². The molecule has 1 saturated heterocycles. The summed E-state index contributed by atoms with van der Waals surface area (Å²) >= 11 is 3.48. The maximum atomic E-state index is 11.3. The fraction of sp³-hybridized carbons (Fsp3) is 0.333. The summed E-state index contributed by atoms with van der Waals surface area (Å²) in [5, 5.41) is 3.83. The van der Waals surface area contributed by atoms with Crippen molar-refractivity contribution in [1.82, 2.24) is 10.3 Å². The minimum Gasteiger partial charge on any atom is -0.490 e. The van der Waals surface area contributed by atoms with Crippen LogP contribution in [-0.2, 0) is 4.79 Å². The molecule has 2 heterocycles. The Hall–Kier alpha value is -1.62. The van der Waals surface area contributed by atoms with Crippen LogP contribution in [-0.4, -0.2) is 23.5 Å². The highest BCUT2D eigenvalue weighted by molar-refractivity contribution is 9.10. The SMILES string of the molecule is C[C@@H](Oc1cc(Br)cc2ncccc12)[C@H]1CNC(=O)C1. The van der Waals surface area contributed by atoms with Gasteiger partial charge in [-0.3, -0.25) is 9.78 Å². The maximum absolute atomic E-state index is 11.3. The van der Waals surface area contributed by atoms with Gasteiger partial charge in [-0.15, -0.1) is 0 Å². The van der Waals surface area contributed by atoms with Gasteiger partial charge in [-0.1, -0.05) is 15.9 Å². The van der Waals surface area contributed by atoms with Gasteiger partial charge in [-0.05, 0) is 31.2 Å². The van der Waals surface area contributed by atoms with Gasteiger partial charge in [0.25, 0.3) is 0 Å². The Morgan fingerprint density at radius 1 is 1.50 bits per heavy atom. The number of ether oxygens (including phenoxy) is 1. The first-order valence-corrected chi connectivity index (χ1v) is 7.40. The van der Waals surface area contributed by atoms with Crippen LogP contribution >= 0.6 is 15.9 Å². The van der Waals surface area contributed by atoms with Crippen LogP contribution in [0.3, 0.4) is 0 Å². The molecule has 0 unspecified atom stereocenters. The summed E-state index contributed by atoms with van der Waals surface area (Å²) in [7, 11) is 0. The third-order valence-corrected chi connectivity index (χ3v) is 4.09. The number of rotatable bonds is 3. The molecule has 0 bridgehead atoms. The molecule has 5 heteroatoms. The van der Waals surface area contributed by atoms with Crippen LogP contribution in [0.1, 0.15) is 13.3 Å². The van der Waals surface area contributed by atoms with Crippen LogP contribution < -0.4 is 10.1 Å². The first kappa shape index (κ1) is 13.4. The number of benzene rings is 1. The summed E-state index contributed by atoms with van der Waals surface area (Å²) in [4.78, 5) is 15.6. The highest BCUT2D eigenvalue weighted by atomic mass is 79.9. The van der Waals surface area contributed by atoms with Gasteiger partial charge in [0.1, 0.15) is 11.9 Å². The normalized spacial score (nSPS) is 19.9. The maximum Gasteiger partial charge on any atom is 0.220 e. The zero-order valence-corrected chi connectivity index (χ0v) is 12.7. The summed E-state index contributed by atoms with van der Waals surface area (Å²) in [5.74, 6) is 1.12. The van der Waals surface area contributed by atoms with Crippen molar-refractivity contribution >= 4 is 32.7 Å². The Morgan fingerprint density at radius 2 is 2.35 bits per heavy atom. The third-order valence-electron chi connectivity index (χ3n) is 3.63. The minimum absolute atomic E-state index is 0.0216. The molecule has 2 aromatic rings. The van der Waals surface area contributed by atoms with E-state index in [1.807, 2.05) is 31.2 Å². The lowest BCUT2D eigenvalue weighted by atomic mass is 10.0. The van der Waals surface area contributed by atoms with Gasteiger partial charge in [0, 0.05) is 34.9 Å². The molecule has 20 heavy (non-hydrogen) atoms. The molecule has 2 atom stereocenters. The largest absolute Gasteiger partial charge is 0.490 e. The molecule has 0 saturated carbocycles. The number of amides is 1. The van der Waals surface area contributed by atoms with E-state index in [4.69, 9.17) is 4.74 Å². The molecule has 0 aliphatic carbocycles. The standard InChI is InChI=1S/C15H15BrN2O2/c1-9(10-5-15(19)18-8-10)20-14-7-11(16)6-13-12(14)3-2-4-17-13/h2-4,6-7,9-10H,5,8H2,1H3,(H,18,19)/t9-,10-/m1/s1. The van der Waals surface area contributed by atoms with Crippen LogP contribution in [0, 0.1) is 5.92 Å². The minimum atomic E-state index is -0.0216. The Balaban J connectivity index is 1.88. The number of pyridine rings is 1. The fourth-order valence-electron chi connectivity index (χ4n) is 2.47. The molecule has 0 radical (unpaired) electrons. The van der Waals surface area contributed by atoms with E-state index in [1.165, 1.54) is 0 Å². The molecule has 1 aromatic heterocycles. The van der Waals surface area contributed by atoms with E-state index in [-0.39, 0.29) is 17.9 Å². The lowest BCUT2D eigenvalue weighted by Gasteiger charge is -2.20.